The molecule has 32 heavy (non-hydrogen) atoms. The number of nitrogens with zero attached hydrogens (tertiary/aromatic N) is 4. The predicted molar refractivity (Wildman–Crippen MR) is 122 cm³/mol. The van der Waals surface area contributed by atoms with E-state index in [2.05, 4.69) is 9.98 Å². The van der Waals surface area contributed by atoms with Crippen molar-refractivity contribution in [2.45, 2.75) is 6.54 Å². The third-order valence-electron chi connectivity index (χ3n) is 5.14. The van der Waals surface area contributed by atoms with Gasteiger partial charge in [-0.05, 0) is 48.5 Å². The summed E-state index contributed by atoms with van der Waals surface area (Å²) in [5.74, 6) is -0.720. The maximum Gasteiger partial charge on any atom is 0.263 e. The van der Waals surface area contributed by atoms with Crippen LogP contribution in [0.5, 0.6) is 0 Å². The minimum Gasteiger partial charge on any atom is -0.282 e. The monoisotopic (exact) mass is 462 g/mol. The normalized spacial score (nSPS) is 13.8. The highest BCUT2D eigenvalue weighted by molar-refractivity contribution is 7.15. The summed E-state index contributed by atoms with van der Waals surface area (Å²) in [5.41, 5.74) is 1.09. The highest BCUT2D eigenvalue weighted by Gasteiger charge is 2.34. The molecule has 5 rings (SSSR count). The summed E-state index contributed by atoms with van der Waals surface area (Å²) in [7, 11) is 0. The topological polar surface area (TPSA) is 84.6 Å². The molecule has 0 spiro atoms. The third kappa shape index (κ3) is 3.53. The summed E-state index contributed by atoms with van der Waals surface area (Å²) in [5, 5.41) is 1.03. The van der Waals surface area contributed by atoms with E-state index in [9.17, 15) is 14.4 Å². The molecule has 1 aliphatic rings. The molecule has 4 aromatic rings. The Bertz CT molecular complexity index is 1470. The minimum absolute atomic E-state index is 0.0495. The zero-order chi connectivity index (χ0) is 22.2. The summed E-state index contributed by atoms with van der Waals surface area (Å²) >= 11 is 7.23. The van der Waals surface area contributed by atoms with Crippen LogP contribution in [0.15, 0.2) is 76.6 Å². The van der Waals surface area contributed by atoms with Crippen LogP contribution >= 0.6 is 22.9 Å². The number of fused-ring (bicyclic) bond motifs is 2. The van der Waals surface area contributed by atoms with Crippen molar-refractivity contribution in [3.63, 3.8) is 0 Å². The molecule has 7 nitrogen and oxygen atoms in total. The lowest BCUT2D eigenvalue weighted by atomic mass is 10.1. The highest BCUT2D eigenvalue weighted by Crippen LogP contribution is 2.22. The molecule has 0 radical (unpaired) electrons. The van der Waals surface area contributed by atoms with Crippen molar-refractivity contribution >= 4 is 50.7 Å². The van der Waals surface area contributed by atoms with Crippen LogP contribution < -0.4 is 10.4 Å². The van der Waals surface area contributed by atoms with Crippen molar-refractivity contribution in [1.29, 1.82) is 0 Å². The molecular formula is C23H15ClN4O3S. The first-order valence-corrected chi connectivity index (χ1v) is 11.0. The zero-order valence-corrected chi connectivity index (χ0v) is 18.1. The van der Waals surface area contributed by atoms with Gasteiger partial charge in [0, 0.05) is 24.3 Å². The first-order chi connectivity index (χ1) is 15.5. The standard InChI is InChI=1S/C23H15ClN4O3S/c24-14-7-9-15(10-8-14)26-23-28(22(31)18-6-3-11-25-19(18)32-23)13-12-27-20(29)16-4-1-2-5-17(16)21(27)30/h1-11H,12-13H2. The van der Waals surface area contributed by atoms with Crippen molar-refractivity contribution in [3.8, 4) is 0 Å². The number of rotatable bonds is 4. The van der Waals surface area contributed by atoms with Crippen molar-refractivity contribution < 1.29 is 9.59 Å². The van der Waals surface area contributed by atoms with Crippen LogP contribution in [-0.4, -0.2) is 32.8 Å². The van der Waals surface area contributed by atoms with E-state index in [4.69, 9.17) is 11.6 Å². The Kier molecular flexibility index (Phi) is 5.16. The molecule has 0 aliphatic carbocycles. The molecule has 2 aromatic heterocycles. The molecular weight excluding hydrogens is 448 g/mol. The van der Waals surface area contributed by atoms with Gasteiger partial charge in [-0.2, -0.15) is 0 Å². The SMILES string of the molecule is O=C1c2ccccc2C(=O)N1CCn1c(=Nc2ccc(Cl)cc2)sc2ncccc2c1=O. The molecule has 0 saturated heterocycles. The maximum absolute atomic E-state index is 13.2. The van der Waals surface area contributed by atoms with E-state index in [-0.39, 0.29) is 30.5 Å². The van der Waals surface area contributed by atoms with Crippen molar-refractivity contribution in [3.05, 3.63) is 98.2 Å². The van der Waals surface area contributed by atoms with Crippen LogP contribution in [0.2, 0.25) is 5.02 Å². The second-order valence-electron chi connectivity index (χ2n) is 7.09. The van der Waals surface area contributed by atoms with Crippen LogP contribution in [0.3, 0.4) is 0 Å². The molecule has 0 saturated carbocycles. The lowest BCUT2D eigenvalue weighted by Gasteiger charge is -2.15. The fourth-order valence-electron chi connectivity index (χ4n) is 3.56. The molecule has 2 amide bonds. The van der Waals surface area contributed by atoms with Gasteiger partial charge >= 0.3 is 0 Å². The molecule has 2 aromatic carbocycles. The average Bonchev–Trinajstić information content (AvgIpc) is 3.05. The summed E-state index contributed by atoms with van der Waals surface area (Å²) in [4.78, 5) is 49.7. The van der Waals surface area contributed by atoms with Gasteiger partial charge in [-0.3, -0.25) is 23.9 Å². The predicted octanol–water partition coefficient (Wildman–Crippen LogP) is 3.64. The lowest BCUT2D eigenvalue weighted by Crippen LogP contribution is -2.39. The zero-order valence-electron chi connectivity index (χ0n) is 16.6. The van der Waals surface area contributed by atoms with Gasteiger partial charge in [0.2, 0.25) is 0 Å². The first-order valence-electron chi connectivity index (χ1n) is 9.77. The Balaban J connectivity index is 1.57. The van der Waals surface area contributed by atoms with Gasteiger partial charge in [-0.1, -0.05) is 35.1 Å². The number of carbonyl (C=O) groups is 2. The van der Waals surface area contributed by atoms with E-state index in [0.29, 0.717) is 36.9 Å². The first kappa shape index (κ1) is 20.3. The fraction of sp³-hybridized carbons (Fsp3) is 0.0870. The number of carbonyl (C=O) groups excluding carboxylic acids is 2. The lowest BCUT2D eigenvalue weighted by molar-refractivity contribution is 0.0648. The van der Waals surface area contributed by atoms with Gasteiger partial charge in [0.25, 0.3) is 17.4 Å². The number of aromatic nitrogens is 2. The molecule has 3 heterocycles. The van der Waals surface area contributed by atoms with E-state index < -0.39 is 0 Å². The minimum atomic E-state index is -0.360. The Morgan fingerprint density at radius 3 is 2.25 bits per heavy atom. The molecule has 0 atom stereocenters. The molecule has 158 valence electrons. The third-order valence-corrected chi connectivity index (χ3v) is 6.41. The number of halogens is 1. The number of hydrogen-bond donors (Lipinski definition) is 0. The molecule has 0 N–H and O–H groups in total. The van der Waals surface area contributed by atoms with Gasteiger partial charge < -0.3 is 0 Å². The quantitative estimate of drug-likeness (QED) is 0.433. The van der Waals surface area contributed by atoms with Crippen LogP contribution in [-0.2, 0) is 6.54 Å². The molecule has 0 unspecified atom stereocenters. The largest absolute Gasteiger partial charge is 0.282 e. The van der Waals surface area contributed by atoms with E-state index >= 15 is 0 Å². The van der Waals surface area contributed by atoms with E-state index in [1.807, 2.05) is 0 Å². The Hall–Kier alpha value is -3.62. The number of benzene rings is 2. The molecule has 0 fully saturated rings. The van der Waals surface area contributed by atoms with Crippen LogP contribution in [0.25, 0.3) is 10.2 Å². The Labute approximate surface area is 190 Å². The summed E-state index contributed by atoms with van der Waals surface area (Å²) < 4.78 is 1.48. The highest BCUT2D eigenvalue weighted by atomic mass is 35.5. The van der Waals surface area contributed by atoms with E-state index in [1.165, 1.54) is 20.8 Å². The summed E-state index contributed by atoms with van der Waals surface area (Å²) in [6.07, 6.45) is 1.62. The molecule has 1 aliphatic heterocycles. The average molecular weight is 463 g/mol. The van der Waals surface area contributed by atoms with Gasteiger partial charge in [-0.25, -0.2) is 9.98 Å². The fourth-order valence-corrected chi connectivity index (χ4v) is 4.67. The molecule has 0 bridgehead atoms. The second kappa shape index (κ2) is 8.14. The van der Waals surface area contributed by atoms with Gasteiger partial charge in [-0.15, -0.1) is 0 Å². The van der Waals surface area contributed by atoms with Crippen LogP contribution in [0.4, 0.5) is 5.69 Å². The number of amides is 2. The van der Waals surface area contributed by atoms with Gasteiger partial charge in [0.1, 0.15) is 4.83 Å². The second-order valence-corrected chi connectivity index (χ2v) is 8.49. The van der Waals surface area contributed by atoms with Crippen molar-refractivity contribution in [2.75, 3.05) is 6.54 Å². The van der Waals surface area contributed by atoms with Crippen LogP contribution in [0, 0.1) is 0 Å². The summed E-state index contributed by atoms with van der Waals surface area (Å²) in [6.45, 7) is 0.159. The van der Waals surface area contributed by atoms with E-state index in [1.54, 1.807) is 66.9 Å². The van der Waals surface area contributed by atoms with Crippen LogP contribution in [0.1, 0.15) is 20.7 Å². The Morgan fingerprint density at radius 2 is 1.56 bits per heavy atom. The van der Waals surface area contributed by atoms with Crippen molar-refractivity contribution in [1.82, 2.24) is 14.5 Å². The smallest absolute Gasteiger partial charge is 0.263 e. The maximum atomic E-state index is 13.2. The van der Waals surface area contributed by atoms with Gasteiger partial charge in [0.05, 0.1) is 22.2 Å². The van der Waals surface area contributed by atoms with E-state index in [0.717, 1.165) is 0 Å². The number of imide groups is 1. The Morgan fingerprint density at radius 1 is 0.875 bits per heavy atom. The number of hydrogen-bond acceptors (Lipinski definition) is 6. The van der Waals surface area contributed by atoms with Gasteiger partial charge in [0.15, 0.2) is 4.80 Å². The summed E-state index contributed by atoms with van der Waals surface area (Å²) in [6, 6.07) is 17.0. The van der Waals surface area contributed by atoms with Crippen molar-refractivity contribution in [2.24, 2.45) is 4.99 Å². The number of pyridine rings is 1. The molecule has 9 heteroatoms.